The van der Waals surface area contributed by atoms with Crippen LogP contribution in [0.1, 0.15) is 29.9 Å². The number of halogens is 1. The quantitative estimate of drug-likeness (QED) is 0.367. The Balaban J connectivity index is 0.00000240. The van der Waals surface area contributed by atoms with Gasteiger partial charge in [0.15, 0.2) is 5.96 Å². The second kappa shape index (κ2) is 9.69. The Morgan fingerprint density at radius 2 is 1.86 bits per heavy atom. The second-order valence-electron chi connectivity index (χ2n) is 7.77. The van der Waals surface area contributed by atoms with Crippen molar-refractivity contribution in [2.45, 2.75) is 37.8 Å². The summed E-state index contributed by atoms with van der Waals surface area (Å²) in [4.78, 5) is 6.85. The summed E-state index contributed by atoms with van der Waals surface area (Å²) < 4.78 is 5.52. The number of ether oxygens (including phenoxy) is 1. The lowest BCUT2D eigenvalue weighted by Gasteiger charge is -2.22. The summed E-state index contributed by atoms with van der Waals surface area (Å²) in [5.41, 5.74) is 4.00. The molecule has 2 fully saturated rings. The molecule has 1 heterocycles. The van der Waals surface area contributed by atoms with E-state index in [0.717, 1.165) is 31.2 Å². The van der Waals surface area contributed by atoms with Gasteiger partial charge in [0.05, 0.1) is 12.8 Å². The fourth-order valence-corrected chi connectivity index (χ4v) is 4.23. The summed E-state index contributed by atoms with van der Waals surface area (Å²) >= 11 is 0. The van der Waals surface area contributed by atoms with Crippen LogP contribution in [0.2, 0.25) is 0 Å². The van der Waals surface area contributed by atoms with Crippen LogP contribution in [0.5, 0.6) is 5.75 Å². The van der Waals surface area contributed by atoms with E-state index in [1.165, 1.54) is 23.2 Å². The number of aryl methyl sites for hydroxylation is 1. The molecule has 156 valence electrons. The molecule has 6 heteroatoms. The molecule has 2 aliphatic rings. The first-order valence-electron chi connectivity index (χ1n) is 10.1. The molecule has 2 aromatic carbocycles. The largest absolute Gasteiger partial charge is 0.495 e. The number of guanidine groups is 1. The van der Waals surface area contributed by atoms with E-state index in [2.05, 4.69) is 63.8 Å². The van der Waals surface area contributed by atoms with Gasteiger partial charge in [-0.1, -0.05) is 36.4 Å². The van der Waals surface area contributed by atoms with Crippen molar-refractivity contribution in [3.8, 4) is 5.75 Å². The van der Waals surface area contributed by atoms with E-state index in [4.69, 9.17) is 4.74 Å². The normalized spacial score (nSPS) is 23.3. The number of para-hydroxylation sites is 2. The van der Waals surface area contributed by atoms with Crippen LogP contribution < -0.4 is 20.3 Å². The first-order valence-corrected chi connectivity index (χ1v) is 10.1. The lowest BCUT2D eigenvalue weighted by molar-refractivity contribution is 0.415. The molecule has 2 N–H and O–H groups in total. The maximum absolute atomic E-state index is 5.52. The number of anilines is 1. The molecular formula is C23H31IN4O. The van der Waals surface area contributed by atoms with Crippen LogP contribution in [0.4, 0.5) is 5.69 Å². The predicted molar refractivity (Wildman–Crippen MR) is 131 cm³/mol. The highest BCUT2D eigenvalue weighted by atomic mass is 127. The van der Waals surface area contributed by atoms with Crippen molar-refractivity contribution in [1.82, 2.24) is 10.6 Å². The van der Waals surface area contributed by atoms with Gasteiger partial charge < -0.3 is 20.3 Å². The Bertz CT molecular complexity index is 856. The third-order valence-corrected chi connectivity index (χ3v) is 5.88. The highest BCUT2D eigenvalue weighted by molar-refractivity contribution is 14.0. The van der Waals surface area contributed by atoms with E-state index in [0.29, 0.717) is 18.0 Å². The van der Waals surface area contributed by atoms with E-state index in [1.807, 2.05) is 19.2 Å². The Labute approximate surface area is 191 Å². The van der Waals surface area contributed by atoms with Crippen molar-refractivity contribution < 1.29 is 4.74 Å². The van der Waals surface area contributed by atoms with Gasteiger partial charge in [-0.25, -0.2) is 0 Å². The highest BCUT2D eigenvalue weighted by Gasteiger charge is 2.40. The Hall–Kier alpha value is -1.96. The molecule has 2 aromatic rings. The Kier molecular flexibility index (Phi) is 7.27. The number of rotatable bonds is 5. The number of aliphatic imine (C=N–C) groups is 1. The molecule has 0 spiro atoms. The Morgan fingerprint density at radius 3 is 2.62 bits per heavy atom. The zero-order valence-corrected chi connectivity index (χ0v) is 19.7. The molecule has 0 aromatic heterocycles. The van der Waals surface area contributed by atoms with E-state index < -0.39 is 0 Å². The van der Waals surface area contributed by atoms with Gasteiger partial charge in [-0.2, -0.15) is 0 Å². The number of hydrogen-bond donors (Lipinski definition) is 2. The number of nitrogens with one attached hydrogen (secondary N) is 2. The molecule has 1 aliphatic carbocycles. The Morgan fingerprint density at radius 1 is 1.10 bits per heavy atom. The second-order valence-corrected chi connectivity index (χ2v) is 7.77. The lowest BCUT2D eigenvalue weighted by Crippen LogP contribution is -2.45. The fraction of sp³-hybridized carbons (Fsp3) is 0.435. The van der Waals surface area contributed by atoms with Crippen LogP contribution in [-0.2, 0) is 0 Å². The van der Waals surface area contributed by atoms with Gasteiger partial charge in [0, 0.05) is 38.1 Å². The van der Waals surface area contributed by atoms with Crippen molar-refractivity contribution >= 4 is 35.6 Å². The van der Waals surface area contributed by atoms with Gasteiger partial charge in [-0.15, -0.1) is 24.0 Å². The fourth-order valence-electron chi connectivity index (χ4n) is 4.23. The van der Waals surface area contributed by atoms with Crippen LogP contribution in [-0.4, -0.2) is 45.3 Å². The minimum Gasteiger partial charge on any atom is -0.495 e. The zero-order valence-electron chi connectivity index (χ0n) is 17.4. The van der Waals surface area contributed by atoms with Crippen molar-refractivity contribution in [1.29, 1.82) is 0 Å². The number of benzene rings is 2. The first-order chi connectivity index (χ1) is 13.7. The number of hydrogen-bond acceptors (Lipinski definition) is 3. The molecule has 3 unspecified atom stereocenters. The van der Waals surface area contributed by atoms with Gasteiger partial charge in [-0.3, -0.25) is 4.99 Å². The van der Waals surface area contributed by atoms with Gasteiger partial charge in [-0.05, 0) is 43.0 Å². The van der Waals surface area contributed by atoms with Gasteiger partial charge >= 0.3 is 0 Å². The van der Waals surface area contributed by atoms with Crippen molar-refractivity contribution in [3.63, 3.8) is 0 Å². The zero-order chi connectivity index (χ0) is 19.5. The van der Waals surface area contributed by atoms with Gasteiger partial charge in [0.1, 0.15) is 5.75 Å². The van der Waals surface area contributed by atoms with Crippen LogP contribution in [0.15, 0.2) is 53.5 Å². The summed E-state index contributed by atoms with van der Waals surface area (Å²) in [7, 11) is 3.59. The standard InChI is InChI=1S/C23H30N4O.HI/c1-16-8-4-5-9-18(16)19-14-20(19)26-23(24-2)25-17-12-13-27(15-17)21-10-6-7-11-22(21)28-3;/h4-11,17,19-20H,12-15H2,1-3H3,(H2,24,25,26);1H. The molecule has 0 radical (unpaired) electrons. The maximum Gasteiger partial charge on any atom is 0.191 e. The molecular weight excluding hydrogens is 475 g/mol. The van der Waals surface area contributed by atoms with Crippen LogP contribution >= 0.6 is 24.0 Å². The molecule has 0 amide bonds. The summed E-state index contributed by atoms with van der Waals surface area (Å²) in [6, 6.07) is 17.8. The average molecular weight is 506 g/mol. The molecule has 1 aliphatic heterocycles. The number of methoxy groups -OCH3 is 1. The average Bonchev–Trinajstić information content (AvgIpc) is 3.32. The minimum absolute atomic E-state index is 0. The molecule has 4 rings (SSSR count). The van der Waals surface area contributed by atoms with E-state index >= 15 is 0 Å². The summed E-state index contributed by atoms with van der Waals surface area (Å²) in [6.07, 6.45) is 2.26. The molecule has 0 bridgehead atoms. The predicted octanol–water partition coefficient (Wildman–Crippen LogP) is 3.92. The van der Waals surface area contributed by atoms with Gasteiger partial charge in [0.2, 0.25) is 0 Å². The highest BCUT2D eigenvalue weighted by Crippen LogP contribution is 2.42. The molecule has 5 nitrogen and oxygen atoms in total. The van der Waals surface area contributed by atoms with E-state index in [9.17, 15) is 0 Å². The first kappa shape index (κ1) is 21.7. The summed E-state index contributed by atoms with van der Waals surface area (Å²) in [6.45, 7) is 4.17. The third-order valence-electron chi connectivity index (χ3n) is 5.88. The van der Waals surface area contributed by atoms with Crippen LogP contribution in [0.25, 0.3) is 0 Å². The van der Waals surface area contributed by atoms with Gasteiger partial charge in [0.25, 0.3) is 0 Å². The molecule has 1 saturated carbocycles. The lowest BCUT2D eigenvalue weighted by atomic mass is 10.0. The van der Waals surface area contributed by atoms with Crippen LogP contribution in [0, 0.1) is 6.92 Å². The SMILES string of the molecule is CN=C(NC1CCN(c2ccccc2OC)C1)NC1CC1c1ccccc1C.I. The maximum atomic E-state index is 5.52. The van der Waals surface area contributed by atoms with Crippen molar-refractivity contribution in [2.24, 2.45) is 4.99 Å². The molecule has 29 heavy (non-hydrogen) atoms. The third kappa shape index (κ3) is 4.97. The molecule has 1 saturated heterocycles. The topological polar surface area (TPSA) is 48.9 Å². The van der Waals surface area contributed by atoms with Crippen molar-refractivity contribution in [2.75, 3.05) is 32.1 Å². The molecule has 3 atom stereocenters. The van der Waals surface area contributed by atoms with E-state index in [-0.39, 0.29) is 24.0 Å². The van der Waals surface area contributed by atoms with Crippen LogP contribution in [0.3, 0.4) is 0 Å². The van der Waals surface area contributed by atoms with E-state index in [1.54, 1.807) is 7.11 Å². The monoisotopic (exact) mass is 506 g/mol. The minimum atomic E-state index is 0. The summed E-state index contributed by atoms with van der Waals surface area (Å²) in [5.74, 6) is 2.44. The smallest absolute Gasteiger partial charge is 0.191 e. The number of nitrogens with zero attached hydrogens (tertiary/aromatic N) is 2. The van der Waals surface area contributed by atoms with Crippen molar-refractivity contribution in [3.05, 3.63) is 59.7 Å². The summed E-state index contributed by atoms with van der Waals surface area (Å²) in [5, 5.41) is 7.23.